The Morgan fingerprint density at radius 1 is 1.07 bits per heavy atom. The Morgan fingerprint density at radius 3 is 2.07 bits per heavy atom. The fourth-order valence-electron chi connectivity index (χ4n) is 2.58. The molecule has 0 aliphatic carbocycles. The van der Waals surface area contributed by atoms with E-state index in [0.29, 0.717) is 22.4 Å². The lowest BCUT2D eigenvalue weighted by Crippen LogP contribution is -2.11. The van der Waals surface area contributed by atoms with Crippen molar-refractivity contribution in [3.05, 3.63) is 58.7 Å². The SMILES string of the molecule is COc1cc(O)c(C(=C(C)C(=O)O)c2ccc(C(=N)N)cc2)c(OC)c1.Cl. The topological polar surface area (TPSA) is 126 Å². The van der Waals surface area contributed by atoms with Crippen LogP contribution < -0.4 is 15.2 Å². The van der Waals surface area contributed by atoms with E-state index in [9.17, 15) is 15.0 Å². The van der Waals surface area contributed by atoms with E-state index in [0.717, 1.165) is 0 Å². The molecule has 5 N–H and O–H groups in total. The Hall–Kier alpha value is -3.19. The molecule has 2 rings (SSSR count). The number of hydrogen-bond donors (Lipinski definition) is 4. The molecule has 0 radical (unpaired) electrons. The zero-order valence-corrected chi connectivity index (χ0v) is 15.9. The third-order valence-electron chi connectivity index (χ3n) is 3.94. The lowest BCUT2D eigenvalue weighted by molar-refractivity contribution is -0.132. The van der Waals surface area contributed by atoms with Crippen molar-refractivity contribution in [2.75, 3.05) is 14.2 Å². The molecule has 0 saturated heterocycles. The number of hydrogen-bond acceptors (Lipinski definition) is 5. The van der Waals surface area contributed by atoms with Gasteiger partial charge in [0.2, 0.25) is 0 Å². The average Bonchev–Trinajstić information content (AvgIpc) is 2.62. The number of nitrogens with two attached hydrogens (primary N) is 1. The molecule has 8 heteroatoms. The summed E-state index contributed by atoms with van der Waals surface area (Å²) in [5, 5.41) is 27.5. The first-order valence-electron chi connectivity index (χ1n) is 7.64. The number of halogens is 1. The third-order valence-corrected chi connectivity index (χ3v) is 3.94. The molecule has 0 bridgehead atoms. The number of aliphatic carboxylic acids is 1. The van der Waals surface area contributed by atoms with Crippen LogP contribution in [0.4, 0.5) is 0 Å². The summed E-state index contributed by atoms with van der Waals surface area (Å²) in [5.41, 5.74) is 7.07. The van der Waals surface area contributed by atoms with Crippen molar-refractivity contribution in [1.82, 2.24) is 0 Å². The molecule has 0 aliphatic heterocycles. The molecule has 2 aromatic rings. The summed E-state index contributed by atoms with van der Waals surface area (Å²) in [4.78, 5) is 11.6. The smallest absolute Gasteiger partial charge is 0.331 e. The normalized spacial score (nSPS) is 11.1. The van der Waals surface area contributed by atoms with Gasteiger partial charge < -0.3 is 25.4 Å². The van der Waals surface area contributed by atoms with Crippen molar-refractivity contribution in [2.24, 2.45) is 5.73 Å². The van der Waals surface area contributed by atoms with Crippen LogP contribution in [0.5, 0.6) is 17.2 Å². The Labute approximate surface area is 163 Å². The molecule has 27 heavy (non-hydrogen) atoms. The van der Waals surface area contributed by atoms with Crippen LogP contribution in [0.2, 0.25) is 0 Å². The molecule has 144 valence electrons. The molecule has 0 heterocycles. The van der Waals surface area contributed by atoms with Crippen LogP contribution in [-0.4, -0.2) is 36.2 Å². The Morgan fingerprint density at radius 2 is 1.63 bits per heavy atom. The van der Waals surface area contributed by atoms with Crippen LogP contribution in [0.25, 0.3) is 5.57 Å². The summed E-state index contributed by atoms with van der Waals surface area (Å²) in [6.07, 6.45) is 0. The summed E-state index contributed by atoms with van der Waals surface area (Å²) in [7, 11) is 2.87. The molecular formula is C19H21ClN2O5. The molecule has 7 nitrogen and oxygen atoms in total. The van der Waals surface area contributed by atoms with E-state index < -0.39 is 5.97 Å². The number of benzene rings is 2. The van der Waals surface area contributed by atoms with Crippen molar-refractivity contribution in [3.8, 4) is 17.2 Å². The quantitative estimate of drug-likeness (QED) is 0.340. The van der Waals surface area contributed by atoms with Crippen LogP contribution in [0.15, 0.2) is 42.0 Å². The molecule has 0 aliphatic rings. The van der Waals surface area contributed by atoms with Gasteiger partial charge in [-0.3, -0.25) is 5.41 Å². The highest BCUT2D eigenvalue weighted by molar-refractivity contribution is 6.03. The second-order valence-electron chi connectivity index (χ2n) is 5.52. The number of carbonyl (C=O) groups is 1. The highest BCUT2D eigenvalue weighted by Gasteiger charge is 2.22. The van der Waals surface area contributed by atoms with Crippen LogP contribution >= 0.6 is 12.4 Å². The fraction of sp³-hybridized carbons (Fsp3) is 0.158. The number of rotatable bonds is 6. The minimum absolute atomic E-state index is 0. The molecule has 2 aromatic carbocycles. The lowest BCUT2D eigenvalue weighted by atomic mass is 9.91. The van der Waals surface area contributed by atoms with Gasteiger partial charge in [0.25, 0.3) is 0 Å². The zero-order chi connectivity index (χ0) is 19.4. The maximum absolute atomic E-state index is 11.6. The largest absolute Gasteiger partial charge is 0.507 e. The van der Waals surface area contributed by atoms with E-state index in [1.54, 1.807) is 30.3 Å². The molecule has 0 atom stereocenters. The van der Waals surface area contributed by atoms with Gasteiger partial charge in [0, 0.05) is 28.8 Å². The van der Waals surface area contributed by atoms with E-state index in [4.69, 9.17) is 20.6 Å². The first-order valence-corrected chi connectivity index (χ1v) is 7.64. The highest BCUT2D eigenvalue weighted by Crippen LogP contribution is 2.42. The number of amidine groups is 1. The average molecular weight is 393 g/mol. The van der Waals surface area contributed by atoms with E-state index >= 15 is 0 Å². The molecule has 0 unspecified atom stereocenters. The number of ether oxygens (including phenoxy) is 2. The van der Waals surface area contributed by atoms with E-state index in [1.807, 2.05) is 0 Å². The summed E-state index contributed by atoms with van der Waals surface area (Å²) in [5.74, 6) is -0.752. The lowest BCUT2D eigenvalue weighted by Gasteiger charge is -2.17. The summed E-state index contributed by atoms with van der Waals surface area (Å²) >= 11 is 0. The van der Waals surface area contributed by atoms with E-state index in [1.165, 1.54) is 27.2 Å². The van der Waals surface area contributed by atoms with Gasteiger partial charge in [0.1, 0.15) is 23.1 Å². The monoisotopic (exact) mass is 392 g/mol. The predicted molar refractivity (Wildman–Crippen MR) is 105 cm³/mol. The maximum atomic E-state index is 11.6. The number of aromatic hydroxyl groups is 1. The summed E-state index contributed by atoms with van der Waals surface area (Å²) in [6, 6.07) is 9.45. The highest BCUT2D eigenvalue weighted by atomic mass is 35.5. The van der Waals surface area contributed by atoms with Crippen LogP contribution in [-0.2, 0) is 4.79 Å². The van der Waals surface area contributed by atoms with Gasteiger partial charge in [-0.15, -0.1) is 12.4 Å². The number of nitrogen functional groups attached to an aromatic ring is 1. The Bertz CT molecular complexity index is 892. The zero-order valence-electron chi connectivity index (χ0n) is 15.1. The predicted octanol–water partition coefficient (Wildman–Crippen LogP) is 3.02. The van der Waals surface area contributed by atoms with Crippen LogP contribution in [0, 0.1) is 5.41 Å². The van der Waals surface area contributed by atoms with Gasteiger partial charge >= 0.3 is 5.97 Å². The summed E-state index contributed by atoms with van der Waals surface area (Å²) < 4.78 is 10.5. The molecule has 0 amide bonds. The second kappa shape index (κ2) is 8.95. The first kappa shape index (κ1) is 21.9. The minimum atomic E-state index is -1.13. The maximum Gasteiger partial charge on any atom is 0.331 e. The van der Waals surface area contributed by atoms with Crippen LogP contribution in [0.1, 0.15) is 23.6 Å². The van der Waals surface area contributed by atoms with Crippen LogP contribution in [0.3, 0.4) is 0 Å². The molecule has 0 fully saturated rings. The van der Waals surface area contributed by atoms with Crippen molar-refractivity contribution >= 4 is 29.8 Å². The number of phenolic OH excluding ortho intramolecular Hbond substituents is 1. The fourth-order valence-corrected chi connectivity index (χ4v) is 2.58. The summed E-state index contributed by atoms with van der Waals surface area (Å²) in [6.45, 7) is 1.44. The number of nitrogens with one attached hydrogen (secondary N) is 1. The molecule has 0 aromatic heterocycles. The number of carboxylic acids is 1. The van der Waals surface area contributed by atoms with Gasteiger partial charge in [0.15, 0.2) is 0 Å². The van der Waals surface area contributed by atoms with Crippen molar-refractivity contribution in [2.45, 2.75) is 6.92 Å². The first-order chi connectivity index (χ1) is 12.3. The van der Waals surface area contributed by atoms with Crippen molar-refractivity contribution in [1.29, 1.82) is 5.41 Å². The Balaban J connectivity index is 0.00000364. The molecule has 0 spiro atoms. The van der Waals surface area contributed by atoms with Crippen molar-refractivity contribution < 1.29 is 24.5 Å². The van der Waals surface area contributed by atoms with Crippen molar-refractivity contribution in [3.63, 3.8) is 0 Å². The van der Waals surface area contributed by atoms with Gasteiger partial charge in [-0.25, -0.2) is 4.79 Å². The van der Waals surface area contributed by atoms with E-state index in [2.05, 4.69) is 0 Å². The van der Waals surface area contributed by atoms with E-state index in [-0.39, 0.29) is 40.9 Å². The van der Waals surface area contributed by atoms with Gasteiger partial charge in [-0.05, 0) is 12.5 Å². The van der Waals surface area contributed by atoms with Gasteiger partial charge in [-0.2, -0.15) is 0 Å². The molecule has 0 saturated carbocycles. The number of methoxy groups -OCH3 is 2. The number of phenols is 1. The van der Waals surface area contributed by atoms with Gasteiger partial charge in [0.05, 0.1) is 19.8 Å². The third kappa shape index (κ3) is 4.51. The second-order valence-corrected chi connectivity index (χ2v) is 5.52. The minimum Gasteiger partial charge on any atom is -0.507 e. The standard InChI is InChI=1S/C19H20N2O5.ClH/c1-10(19(23)24)16(11-4-6-12(7-5-11)18(20)21)17-14(22)8-13(25-2)9-15(17)26-3;/h4-9,22H,1-3H3,(H3,20,21)(H,23,24);1H. The van der Waals surface area contributed by atoms with Gasteiger partial charge in [-0.1, -0.05) is 24.3 Å². The number of carboxylic acid groups (broad SMARTS) is 1. The Kier molecular flexibility index (Phi) is 7.25. The molecular weight excluding hydrogens is 372 g/mol.